The second-order valence-corrected chi connectivity index (χ2v) is 7.19. The lowest BCUT2D eigenvalue weighted by atomic mass is 10.1. The summed E-state index contributed by atoms with van der Waals surface area (Å²) in [6.07, 6.45) is 3.45. The van der Waals surface area contributed by atoms with E-state index in [0.717, 1.165) is 48.7 Å². The van der Waals surface area contributed by atoms with Gasteiger partial charge in [-0.3, -0.25) is 4.79 Å². The van der Waals surface area contributed by atoms with E-state index in [1.165, 1.54) is 5.69 Å². The molecule has 0 atom stereocenters. The molecule has 1 N–H and O–H groups in total. The lowest BCUT2D eigenvalue weighted by molar-refractivity contribution is -0.116. The van der Waals surface area contributed by atoms with Crippen LogP contribution in [0.3, 0.4) is 0 Å². The minimum atomic E-state index is -0.0171. The minimum Gasteiger partial charge on any atom is -0.497 e. The molecule has 156 valence electrons. The van der Waals surface area contributed by atoms with Gasteiger partial charge in [0.2, 0.25) is 5.91 Å². The molecular formula is C23H30N2O4. The summed E-state index contributed by atoms with van der Waals surface area (Å²) < 4.78 is 16.0. The van der Waals surface area contributed by atoms with E-state index in [4.69, 9.17) is 14.2 Å². The van der Waals surface area contributed by atoms with Crippen LogP contribution < -0.4 is 19.7 Å². The summed E-state index contributed by atoms with van der Waals surface area (Å²) in [6, 6.07) is 13.7. The number of hydrogen-bond donors (Lipinski definition) is 1. The summed E-state index contributed by atoms with van der Waals surface area (Å²) in [5.74, 6) is 1.46. The molecule has 1 amide bonds. The summed E-state index contributed by atoms with van der Waals surface area (Å²) in [5, 5.41) is 2.98. The van der Waals surface area contributed by atoms with Crippen LogP contribution in [0.5, 0.6) is 11.5 Å². The largest absolute Gasteiger partial charge is 0.497 e. The van der Waals surface area contributed by atoms with E-state index in [2.05, 4.69) is 22.3 Å². The molecule has 1 aliphatic rings. The maximum Gasteiger partial charge on any atom is 0.224 e. The zero-order chi connectivity index (χ0) is 20.6. The van der Waals surface area contributed by atoms with Crippen molar-refractivity contribution >= 4 is 17.3 Å². The van der Waals surface area contributed by atoms with Gasteiger partial charge in [0, 0.05) is 44.1 Å². The number of methoxy groups -OCH3 is 3. The van der Waals surface area contributed by atoms with Crippen LogP contribution in [0.25, 0.3) is 0 Å². The van der Waals surface area contributed by atoms with Gasteiger partial charge in [-0.1, -0.05) is 6.07 Å². The molecule has 29 heavy (non-hydrogen) atoms. The lowest BCUT2D eigenvalue weighted by Gasteiger charge is -2.33. The first-order valence-corrected chi connectivity index (χ1v) is 10.0. The quantitative estimate of drug-likeness (QED) is 0.731. The van der Waals surface area contributed by atoms with Gasteiger partial charge in [0.1, 0.15) is 11.5 Å². The summed E-state index contributed by atoms with van der Waals surface area (Å²) in [7, 11) is 5.02. The summed E-state index contributed by atoms with van der Waals surface area (Å²) >= 11 is 0. The van der Waals surface area contributed by atoms with Crippen molar-refractivity contribution in [3.63, 3.8) is 0 Å². The van der Waals surface area contributed by atoms with Crippen molar-refractivity contribution in [2.24, 2.45) is 0 Å². The molecule has 0 saturated carbocycles. The highest BCUT2D eigenvalue weighted by atomic mass is 16.5. The molecule has 6 nitrogen and oxygen atoms in total. The number of amides is 1. The highest BCUT2D eigenvalue weighted by Crippen LogP contribution is 2.26. The van der Waals surface area contributed by atoms with Crippen molar-refractivity contribution in [2.45, 2.75) is 31.8 Å². The number of ether oxygens (including phenoxy) is 3. The standard InChI is InChI=1S/C23H30N2O4/c1-27-20-12-14-25(15-13-20)19-8-6-18(7-9-19)24-23(26)11-5-17-4-10-21(28-2)16-22(17)29-3/h4,6-10,16,20H,5,11-15H2,1-3H3,(H,24,26). The molecule has 0 radical (unpaired) electrons. The van der Waals surface area contributed by atoms with Crippen molar-refractivity contribution in [1.82, 2.24) is 0 Å². The van der Waals surface area contributed by atoms with Gasteiger partial charge in [-0.2, -0.15) is 0 Å². The zero-order valence-corrected chi connectivity index (χ0v) is 17.4. The van der Waals surface area contributed by atoms with Crippen LogP contribution in [0.2, 0.25) is 0 Å². The summed E-state index contributed by atoms with van der Waals surface area (Å²) in [6.45, 7) is 1.99. The van der Waals surface area contributed by atoms with Crippen LogP contribution in [0.1, 0.15) is 24.8 Å². The van der Waals surface area contributed by atoms with Crippen molar-refractivity contribution in [1.29, 1.82) is 0 Å². The minimum absolute atomic E-state index is 0.0171. The second kappa shape index (κ2) is 10.2. The topological polar surface area (TPSA) is 60.0 Å². The number of benzene rings is 2. The van der Waals surface area contributed by atoms with Crippen molar-refractivity contribution in [3.8, 4) is 11.5 Å². The summed E-state index contributed by atoms with van der Waals surface area (Å²) in [4.78, 5) is 14.7. The molecule has 0 unspecified atom stereocenters. The molecule has 1 saturated heterocycles. The number of aryl methyl sites for hydroxylation is 1. The van der Waals surface area contributed by atoms with Gasteiger partial charge in [0.25, 0.3) is 0 Å². The lowest BCUT2D eigenvalue weighted by Crippen LogP contribution is -2.36. The van der Waals surface area contributed by atoms with Crippen LogP contribution in [0.15, 0.2) is 42.5 Å². The van der Waals surface area contributed by atoms with Gasteiger partial charge < -0.3 is 24.4 Å². The van der Waals surface area contributed by atoms with Crippen LogP contribution in [0.4, 0.5) is 11.4 Å². The Morgan fingerprint density at radius 2 is 1.76 bits per heavy atom. The third kappa shape index (κ3) is 5.64. The molecule has 0 bridgehead atoms. The van der Waals surface area contributed by atoms with E-state index in [1.807, 2.05) is 30.3 Å². The van der Waals surface area contributed by atoms with E-state index in [1.54, 1.807) is 21.3 Å². The molecule has 3 rings (SSSR count). The van der Waals surface area contributed by atoms with E-state index in [-0.39, 0.29) is 5.91 Å². The number of nitrogens with one attached hydrogen (secondary N) is 1. The number of carbonyl (C=O) groups is 1. The number of piperidine rings is 1. The third-order valence-corrected chi connectivity index (χ3v) is 5.41. The molecule has 1 fully saturated rings. The van der Waals surface area contributed by atoms with E-state index < -0.39 is 0 Å². The third-order valence-electron chi connectivity index (χ3n) is 5.41. The molecule has 1 aliphatic heterocycles. The second-order valence-electron chi connectivity index (χ2n) is 7.19. The first-order valence-electron chi connectivity index (χ1n) is 10.0. The monoisotopic (exact) mass is 398 g/mol. The number of hydrogen-bond acceptors (Lipinski definition) is 5. The highest BCUT2D eigenvalue weighted by molar-refractivity contribution is 5.91. The molecule has 0 aromatic heterocycles. The fourth-order valence-electron chi connectivity index (χ4n) is 3.64. The molecule has 0 spiro atoms. The number of rotatable bonds is 8. The predicted octanol–water partition coefficient (Wildman–Crippen LogP) is 3.89. The average Bonchev–Trinajstić information content (AvgIpc) is 2.78. The Morgan fingerprint density at radius 3 is 2.38 bits per heavy atom. The van der Waals surface area contributed by atoms with Crippen molar-refractivity contribution in [2.75, 3.05) is 44.6 Å². The number of carbonyl (C=O) groups excluding carboxylic acids is 1. The fraction of sp³-hybridized carbons (Fsp3) is 0.435. The number of nitrogens with zero attached hydrogens (tertiary/aromatic N) is 1. The molecule has 0 aliphatic carbocycles. The maximum atomic E-state index is 12.4. The SMILES string of the molecule is COc1ccc(CCC(=O)Nc2ccc(N3CCC(OC)CC3)cc2)c(OC)c1. The van der Waals surface area contributed by atoms with Gasteiger partial charge >= 0.3 is 0 Å². The summed E-state index contributed by atoms with van der Waals surface area (Å²) in [5.41, 5.74) is 2.98. The Bertz CT molecular complexity index is 799. The zero-order valence-electron chi connectivity index (χ0n) is 17.4. The van der Waals surface area contributed by atoms with Gasteiger partial charge in [-0.05, 0) is 55.2 Å². The van der Waals surface area contributed by atoms with E-state index in [9.17, 15) is 4.79 Å². The van der Waals surface area contributed by atoms with Crippen LogP contribution >= 0.6 is 0 Å². The fourth-order valence-corrected chi connectivity index (χ4v) is 3.64. The molecular weight excluding hydrogens is 368 g/mol. The number of anilines is 2. The van der Waals surface area contributed by atoms with Crippen LogP contribution in [-0.2, 0) is 16.0 Å². The Labute approximate surface area is 172 Å². The van der Waals surface area contributed by atoms with E-state index in [0.29, 0.717) is 18.9 Å². The highest BCUT2D eigenvalue weighted by Gasteiger charge is 2.18. The van der Waals surface area contributed by atoms with Gasteiger partial charge in [0.15, 0.2) is 0 Å². The van der Waals surface area contributed by atoms with Crippen LogP contribution in [0, 0.1) is 0 Å². The van der Waals surface area contributed by atoms with Gasteiger partial charge in [-0.15, -0.1) is 0 Å². The Morgan fingerprint density at radius 1 is 1.03 bits per heavy atom. The van der Waals surface area contributed by atoms with Crippen LogP contribution in [-0.4, -0.2) is 46.4 Å². The van der Waals surface area contributed by atoms with Crippen molar-refractivity contribution < 1.29 is 19.0 Å². The average molecular weight is 399 g/mol. The van der Waals surface area contributed by atoms with E-state index >= 15 is 0 Å². The molecule has 2 aromatic carbocycles. The maximum absolute atomic E-state index is 12.4. The smallest absolute Gasteiger partial charge is 0.224 e. The van der Waals surface area contributed by atoms with Crippen molar-refractivity contribution in [3.05, 3.63) is 48.0 Å². The molecule has 6 heteroatoms. The Kier molecular flexibility index (Phi) is 7.36. The first kappa shape index (κ1) is 21.0. The van der Waals surface area contributed by atoms with Gasteiger partial charge in [0.05, 0.1) is 20.3 Å². The Hall–Kier alpha value is -2.73. The van der Waals surface area contributed by atoms with Gasteiger partial charge in [-0.25, -0.2) is 0 Å². The first-order chi connectivity index (χ1) is 14.1. The predicted molar refractivity (Wildman–Crippen MR) is 115 cm³/mol. The normalized spacial score (nSPS) is 14.5. The molecule has 2 aromatic rings. The molecule has 1 heterocycles. The Balaban J connectivity index is 1.51.